The lowest BCUT2D eigenvalue weighted by Gasteiger charge is -2.11. The number of pyridine rings is 2. The van der Waals surface area contributed by atoms with Crippen molar-refractivity contribution in [2.75, 3.05) is 0 Å². The summed E-state index contributed by atoms with van der Waals surface area (Å²) in [6.45, 7) is 6.25. The van der Waals surface area contributed by atoms with E-state index in [1.54, 1.807) is 12.1 Å². The Labute approximate surface area is 360 Å². The van der Waals surface area contributed by atoms with Crippen LogP contribution in [0.3, 0.4) is 0 Å². The van der Waals surface area contributed by atoms with Crippen molar-refractivity contribution in [2.24, 2.45) is 0 Å². The van der Waals surface area contributed by atoms with Crippen molar-refractivity contribution < 1.29 is 0 Å². The normalized spacial score (nSPS) is 12.3. The summed E-state index contributed by atoms with van der Waals surface area (Å²) in [6, 6.07) is 55.0. The van der Waals surface area contributed by atoms with Crippen LogP contribution in [-0.4, -0.2) is 19.1 Å². The summed E-state index contributed by atoms with van der Waals surface area (Å²) >= 11 is 0. The Morgan fingerprint density at radius 2 is 1.32 bits per heavy atom. The van der Waals surface area contributed by atoms with E-state index in [2.05, 4.69) is 186 Å². The molecule has 6 aromatic carbocycles. The Bertz CT molecular complexity index is 3580. The lowest BCUT2D eigenvalue weighted by atomic mass is 10.00. The highest BCUT2D eigenvalue weighted by atomic mass is 15.0. The van der Waals surface area contributed by atoms with Gasteiger partial charge in [0.2, 0.25) is 0 Å². The average molecular weight is 796 g/mol. The first-order valence-electron chi connectivity index (χ1n) is 20.8. The average Bonchev–Trinajstić information content (AvgIpc) is 3.70. The van der Waals surface area contributed by atoms with Gasteiger partial charge in [0.15, 0.2) is 0 Å². The van der Waals surface area contributed by atoms with Gasteiger partial charge < -0.3 is 9.13 Å². The van der Waals surface area contributed by atoms with Crippen LogP contribution in [0.25, 0.3) is 100 Å². The first kappa shape index (κ1) is 37.9. The minimum atomic E-state index is 0.715. The maximum absolute atomic E-state index is 8.29. The van der Waals surface area contributed by atoms with E-state index in [9.17, 15) is 0 Å². The highest BCUT2D eigenvalue weighted by Crippen LogP contribution is 2.39. The molecule has 4 aromatic heterocycles. The lowest BCUT2D eigenvalue weighted by molar-refractivity contribution is 1.11. The summed E-state index contributed by atoms with van der Waals surface area (Å²) in [6.07, 6.45) is 14.7. The zero-order chi connectivity index (χ0) is 42.2. The number of aryl methyl sites for hydroxylation is 1. The number of allylic oxidation sites excluding steroid dienone is 6. The molecule has 0 amide bonds. The predicted octanol–water partition coefficient (Wildman–Crippen LogP) is 14.7. The van der Waals surface area contributed by atoms with Gasteiger partial charge in [-0.1, -0.05) is 103 Å². The summed E-state index contributed by atoms with van der Waals surface area (Å²) in [5.74, 6) is 0. The van der Waals surface area contributed by atoms with Gasteiger partial charge in [-0.25, -0.2) is 4.98 Å². The van der Waals surface area contributed by atoms with Gasteiger partial charge in [0, 0.05) is 55.1 Å². The van der Waals surface area contributed by atoms with E-state index < -0.39 is 0 Å². The number of para-hydroxylation sites is 1. The van der Waals surface area contributed by atoms with Crippen LogP contribution < -0.4 is 0 Å². The molecule has 5 nitrogen and oxygen atoms in total. The fourth-order valence-electron chi connectivity index (χ4n) is 8.60. The second-order valence-corrected chi connectivity index (χ2v) is 15.5. The third-order valence-electron chi connectivity index (χ3n) is 11.6. The molecule has 10 aromatic rings. The van der Waals surface area contributed by atoms with Gasteiger partial charge in [0.25, 0.3) is 0 Å². The van der Waals surface area contributed by atoms with Crippen LogP contribution in [0.2, 0.25) is 0 Å². The third kappa shape index (κ3) is 6.81. The third-order valence-corrected chi connectivity index (χ3v) is 11.6. The number of aromatic nitrogens is 4. The fourth-order valence-corrected chi connectivity index (χ4v) is 8.60. The van der Waals surface area contributed by atoms with Crippen molar-refractivity contribution in [3.63, 3.8) is 0 Å². The molecule has 0 bridgehead atoms. The molecule has 4 heterocycles. The zero-order valence-electron chi connectivity index (χ0n) is 34.7. The van der Waals surface area contributed by atoms with E-state index in [0.717, 1.165) is 61.2 Å². The van der Waals surface area contributed by atoms with Gasteiger partial charge >= 0.3 is 0 Å². The van der Waals surface area contributed by atoms with Crippen molar-refractivity contribution in [1.29, 1.82) is 5.26 Å². The Balaban J connectivity index is 0.000000518. The van der Waals surface area contributed by atoms with Crippen molar-refractivity contribution in [1.82, 2.24) is 19.1 Å². The molecule has 0 radical (unpaired) electrons. The zero-order valence-corrected chi connectivity index (χ0v) is 34.7. The first-order chi connectivity index (χ1) is 30.5. The van der Waals surface area contributed by atoms with Gasteiger partial charge in [0.05, 0.1) is 50.6 Å². The Morgan fingerprint density at radius 1 is 0.661 bits per heavy atom. The molecule has 0 spiro atoms. The highest BCUT2D eigenvalue weighted by Gasteiger charge is 2.19. The molecule has 0 atom stereocenters. The van der Waals surface area contributed by atoms with Crippen LogP contribution in [0.5, 0.6) is 0 Å². The quantitative estimate of drug-likeness (QED) is 0.0990. The first-order valence-corrected chi connectivity index (χ1v) is 20.8. The van der Waals surface area contributed by atoms with E-state index in [0.29, 0.717) is 5.56 Å². The number of hydrogen-bond donors (Lipinski definition) is 0. The molecule has 0 saturated heterocycles. The van der Waals surface area contributed by atoms with Crippen LogP contribution >= 0.6 is 0 Å². The Morgan fingerprint density at radius 3 is 2.08 bits per heavy atom. The Kier molecular flexibility index (Phi) is 9.82. The van der Waals surface area contributed by atoms with Crippen molar-refractivity contribution in [3.05, 3.63) is 210 Å². The molecule has 1 aliphatic rings. The van der Waals surface area contributed by atoms with E-state index in [1.165, 1.54) is 44.0 Å². The maximum Gasteiger partial charge on any atom is 0.0991 e. The summed E-state index contributed by atoms with van der Waals surface area (Å²) in [5.41, 5.74) is 19.5. The molecule has 294 valence electrons. The van der Waals surface area contributed by atoms with E-state index in [4.69, 9.17) is 15.2 Å². The van der Waals surface area contributed by atoms with Crippen LogP contribution in [0, 0.1) is 18.3 Å². The molecule has 0 unspecified atom stereocenters. The van der Waals surface area contributed by atoms with Crippen molar-refractivity contribution in [2.45, 2.75) is 20.8 Å². The molecule has 5 heteroatoms. The van der Waals surface area contributed by atoms with Crippen molar-refractivity contribution >= 4 is 72.4 Å². The standard InChI is InChI=1S/C50H36N4.C7H5N/c1-4-5-11-33(3)53-45-15-10-9-13-40(45)42-30-37(23-28-47(42)53)38-24-29-48-43(31-38)41-12-7-6-8-14-46(41)54(48)39-25-20-34(21-26-39)44-27-22-36-19-18-35-17-16-32(2)51-49(35)50(36)52-44;8-6-7-4-2-1-3-5-7/h4-6,8-31H,1-3H3;1-5H/b5-4-,33-11+;. The molecule has 0 fully saturated rings. The maximum atomic E-state index is 8.29. The summed E-state index contributed by atoms with van der Waals surface area (Å²) in [4.78, 5) is 9.97. The highest BCUT2D eigenvalue weighted by molar-refractivity contribution is 6.11. The molecular formula is C57H41N5. The monoisotopic (exact) mass is 795 g/mol. The van der Waals surface area contributed by atoms with E-state index >= 15 is 0 Å². The van der Waals surface area contributed by atoms with E-state index in [-0.39, 0.29) is 0 Å². The minimum Gasteiger partial charge on any atom is -0.313 e. The summed E-state index contributed by atoms with van der Waals surface area (Å²) in [5, 5.41) is 14.2. The predicted molar refractivity (Wildman–Crippen MR) is 260 cm³/mol. The van der Waals surface area contributed by atoms with Gasteiger partial charge in [0.1, 0.15) is 0 Å². The van der Waals surface area contributed by atoms with Crippen LogP contribution in [-0.2, 0) is 0 Å². The molecule has 0 aliphatic heterocycles. The lowest BCUT2D eigenvalue weighted by Crippen LogP contribution is -1.97. The summed E-state index contributed by atoms with van der Waals surface area (Å²) < 4.78 is 4.72. The summed E-state index contributed by atoms with van der Waals surface area (Å²) in [7, 11) is 0. The molecule has 0 N–H and O–H groups in total. The second-order valence-electron chi connectivity index (χ2n) is 15.5. The molecular weight excluding hydrogens is 755 g/mol. The van der Waals surface area contributed by atoms with Crippen molar-refractivity contribution in [3.8, 4) is 34.1 Å². The number of benzene rings is 6. The smallest absolute Gasteiger partial charge is 0.0991 e. The largest absolute Gasteiger partial charge is 0.313 e. The fraction of sp³-hybridized carbons (Fsp3) is 0.0526. The van der Waals surface area contributed by atoms with Crippen LogP contribution in [0.1, 0.15) is 36.4 Å². The molecule has 62 heavy (non-hydrogen) atoms. The number of hydrogen-bond acceptors (Lipinski definition) is 3. The van der Waals surface area contributed by atoms with Gasteiger partial charge in [-0.3, -0.25) is 4.98 Å². The SMILES string of the molecule is C/C=C\C=C(/C)n1c2ccccc2c2cc(-c3ccc4c(c3)c3c(n4-c4ccc(-c5ccc6ccc7ccc(C)nc7c6n5)cc4)C=CC=C=C3)ccc21.N#Cc1ccccc1. The topological polar surface area (TPSA) is 59.4 Å². The second kappa shape index (κ2) is 16.0. The van der Waals surface area contributed by atoms with Gasteiger partial charge in [-0.15, -0.1) is 5.73 Å². The van der Waals surface area contributed by atoms with E-state index in [1.807, 2.05) is 37.3 Å². The minimum absolute atomic E-state index is 0.715. The molecule has 1 aliphatic carbocycles. The molecule has 11 rings (SSSR count). The van der Waals surface area contributed by atoms with Gasteiger partial charge in [-0.05, 0) is 123 Å². The Hall–Kier alpha value is -8.29. The number of nitrogens with zero attached hydrogens (tertiary/aromatic N) is 5. The van der Waals surface area contributed by atoms with Crippen LogP contribution in [0.4, 0.5) is 0 Å². The van der Waals surface area contributed by atoms with Gasteiger partial charge in [-0.2, -0.15) is 5.26 Å². The number of rotatable bonds is 5. The number of fused-ring (bicyclic) bond motifs is 9. The number of nitriles is 1. The van der Waals surface area contributed by atoms with Crippen LogP contribution in [0.15, 0.2) is 188 Å². The molecule has 0 saturated carbocycles.